The van der Waals surface area contributed by atoms with Crippen molar-refractivity contribution < 1.29 is 33.8 Å². The fourth-order valence-electron chi connectivity index (χ4n) is 6.35. The molecular weight excluding hydrogens is 642 g/mol. The Hall–Kier alpha value is -5.11. The van der Waals surface area contributed by atoms with Gasteiger partial charge in [0, 0.05) is 45.3 Å². The number of aliphatic hydroxyl groups is 1. The molecule has 0 radical (unpaired) electrons. The van der Waals surface area contributed by atoms with Gasteiger partial charge in [0.25, 0.3) is 0 Å². The highest BCUT2D eigenvalue weighted by Crippen LogP contribution is 2.23. The van der Waals surface area contributed by atoms with Crippen molar-refractivity contribution in [2.45, 2.75) is 70.2 Å². The van der Waals surface area contributed by atoms with Crippen LogP contribution in [0.4, 0.5) is 0 Å². The number of aliphatic hydroxyl groups excluding tert-OH is 1. The molecular formula is C36H45N7O7. The van der Waals surface area contributed by atoms with Gasteiger partial charge < -0.3 is 35.6 Å². The normalized spacial score (nSPS) is 22.9. The fourth-order valence-corrected chi connectivity index (χ4v) is 6.35. The number of hydrogen-bond acceptors (Lipinski definition) is 9. The molecule has 3 aromatic rings. The molecule has 14 heteroatoms. The summed E-state index contributed by atoms with van der Waals surface area (Å²) in [5, 5.41) is 19.0. The molecule has 0 saturated carbocycles. The van der Waals surface area contributed by atoms with Crippen LogP contribution in [0.5, 0.6) is 5.88 Å². The predicted molar refractivity (Wildman–Crippen MR) is 184 cm³/mol. The van der Waals surface area contributed by atoms with E-state index < -0.39 is 47.9 Å². The van der Waals surface area contributed by atoms with Crippen LogP contribution in [0.15, 0.2) is 54.6 Å². The Morgan fingerprint density at radius 1 is 1.00 bits per heavy atom. The number of carbonyl (C=O) groups excluding carboxylic acids is 5. The number of benzene rings is 2. The Kier molecular flexibility index (Phi) is 12.0. The number of ether oxygens (including phenoxy) is 1. The van der Waals surface area contributed by atoms with Crippen molar-refractivity contribution in [1.82, 2.24) is 35.7 Å². The van der Waals surface area contributed by atoms with E-state index in [1.165, 1.54) is 16.9 Å². The summed E-state index contributed by atoms with van der Waals surface area (Å²) in [6.45, 7) is 3.23. The van der Waals surface area contributed by atoms with Crippen LogP contribution < -0.4 is 20.7 Å². The van der Waals surface area contributed by atoms with Crippen molar-refractivity contribution in [2.75, 3.05) is 33.3 Å². The molecule has 5 atom stereocenters. The third-order valence-electron chi connectivity index (χ3n) is 9.32. The van der Waals surface area contributed by atoms with Gasteiger partial charge in [0.2, 0.25) is 35.4 Å². The molecule has 5 amide bonds. The van der Waals surface area contributed by atoms with E-state index in [0.29, 0.717) is 29.0 Å². The number of nitrogens with zero attached hydrogens (tertiary/aromatic N) is 4. The first-order valence-electron chi connectivity index (χ1n) is 17.0. The molecule has 2 aromatic carbocycles. The molecule has 2 aliphatic rings. The molecule has 0 spiro atoms. The predicted octanol–water partition coefficient (Wildman–Crippen LogP) is 0.750. The summed E-state index contributed by atoms with van der Waals surface area (Å²) in [7, 11) is 1.48. The molecule has 266 valence electrons. The van der Waals surface area contributed by atoms with Crippen LogP contribution in [-0.4, -0.2) is 112 Å². The molecule has 2 aliphatic heterocycles. The van der Waals surface area contributed by atoms with E-state index in [2.05, 4.69) is 25.9 Å². The molecule has 0 unspecified atom stereocenters. The number of aromatic nitrogens is 2. The zero-order valence-corrected chi connectivity index (χ0v) is 28.6. The van der Waals surface area contributed by atoms with Gasteiger partial charge in [0.05, 0.1) is 30.8 Å². The van der Waals surface area contributed by atoms with Gasteiger partial charge in [-0.15, -0.1) is 0 Å². The number of rotatable bonds is 8. The summed E-state index contributed by atoms with van der Waals surface area (Å²) in [5.74, 6) is -2.53. The van der Waals surface area contributed by atoms with Crippen molar-refractivity contribution in [3.8, 4) is 5.88 Å². The highest BCUT2D eigenvalue weighted by molar-refractivity contribution is 5.95. The second-order valence-corrected chi connectivity index (χ2v) is 12.9. The van der Waals surface area contributed by atoms with Gasteiger partial charge in [-0.05, 0) is 23.6 Å². The zero-order chi connectivity index (χ0) is 35.8. The molecule has 5 rings (SSSR count). The lowest BCUT2D eigenvalue weighted by molar-refractivity contribution is -0.143. The van der Waals surface area contributed by atoms with Crippen LogP contribution >= 0.6 is 0 Å². The topological polar surface area (TPSA) is 183 Å². The maximum atomic E-state index is 14.0. The first kappa shape index (κ1) is 36.2. The highest BCUT2D eigenvalue weighted by Gasteiger charge is 2.43. The van der Waals surface area contributed by atoms with Gasteiger partial charge in [-0.2, -0.15) is 0 Å². The standard InChI is InChI=1S/C36H45N7O7/c1-4-22(2)32-36(49)43-20-24(44)19-29(43)34(48)39-28(18-23-10-6-5-7-11-23)33(47)37-16-17-42(21-30(45)41-32)31(46)15-14-27-35(50-3)40-26-13-9-8-12-25(26)38-27/h5-13,22,24,28-29,32,44H,4,14-21H2,1-3H3,(H,37,47)(H,39,48)(H,41,45)/t22-,24+,28-,29-,32-/m0/s1. The molecule has 3 heterocycles. The van der Waals surface area contributed by atoms with Crippen LogP contribution in [0, 0.1) is 5.92 Å². The first-order chi connectivity index (χ1) is 24.1. The largest absolute Gasteiger partial charge is 0.480 e. The number of aryl methyl sites for hydroxylation is 1. The second kappa shape index (κ2) is 16.5. The monoisotopic (exact) mass is 687 g/mol. The molecule has 0 bridgehead atoms. The van der Waals surface area contributed by atoms with E-state index in [9.17, 15) is 29.1 Å². The summed E-state index contributed by atoms with van der Waals surface area (Å²) in [6, 6.07) is 13.5. The summed E-state index contributed by atoms with van der Waals surface area (Å²) in [5.41, 5.74) is 2.60. The summed E-state index contributed by atoms with van der Waals surface area (Å²) in [6.07, 6.45) is -0.0943. The molecule has 2 fully saturated rings. The van der Waals surface area contributed by atoms with Crippen molar-refractivity contribution in [3.63, 3.8) is 0 Å². The minimum atomic E-state index is -1.04. The summed E-state index contributed by atoms with van der Waals surface area (Å²) < 4.78 is 5.44. The van der Waals surface area contributed by atoms with Crippen molar-refractivity contribution in [3.05, 3.63) is 65.9 Å². The molecule has 2 saturated heterocycles. The first-order valence-corrected chi connectivity index (χ1v) is 17.0. The maximum Gasteiger partial charge on any atom is 0.246 e. The third kappa shape index (κ3) is 8.72. The lowest BCUT2D eigenvalue weighted by Crippen LogP contribution is -2.58. The van der Waals surface area contributed by atoms with E-state index in [1.807, 2.05) is 68.4 Å². The van der Waals surface area contributed by atoms with E-state index in [4.69, 9.17) is 4.74 Å². The summed E-state index contributed by atoms with van der Waals surface area (Å²) in [4.78, 5) is 80.3. The zero-order valence-electron chi connectivity index (χ0n) is 28.6. The van der Waals surface area contributed by atoms with Crippen molar-refractivity contribution >= 4 is 40.6 Å². The van der Waals surface area contributed by atoms with Crippen LogP contribution in [0.25, 0.3) is 11.0 Å². The Labute approximate surface area is 291 Å². The van der Waals surface area contributed by atoms with Crippen molar-refractivity contribution in [2.24, 2.45) is 5.92 Å². The van der Waals surface area contributed by atoms with Gasteiger partial charge in [0.15, 0.2) is 0 Å². The molecule has 14 nitrogen and oxygen atoms in total. The Balaban J connectivity index is 1.41. The molecule has 1 aromatic heterocycles. The van der Waals surface area contributed by atoms with E-state index in [1.54, 1.807) is 0 Å². The SMILES string of the molecule is CC[C@H](C)[C@@H]1NC(=O)CN(C(=O)CCc2nc3ccccc3nc2OC)CCNC(=O)[C@H](Cc2ccccc2)NC(=O)[C@@H]2C[C@@H](O)CN2C1=O. The maximum absolute atomic E-state index is 14.0. The minimum absolute atomic E-state index is 0.000103. The van der Waals surface area contributed by atoms with E-state index in [-0.39, 0.29) is 63.7 Å². The number of hydrogen-bond donors (Lipinski definition) is 4. The van der Waals surface area contributed by atoms with Gasteiger partial charge in [-0.3, -0.25) is 24.0 Å². The highest BCUT2D eigenvalue weighted by atomic mass is 16.5. The van der Waals surface area contributed by atoms with Gasteiger partial charge >= 0.3 is 0 Å². The quantitative estimate of drug-likeness (QED) is 0.266. The van der Waals surface area contributed by atoms with Crippen LogP contribution in [0.2, 0.25) is 0 Å². The number of carbonyl (C=O) groups is 5. The van der Waals surface area contributed by atoms with Crippen LogP contribution in [0.3, 0.4) is 0 Å². The number of amides is 5. The fraction of sp³-hybridized carbons (Fsp3) is 0.472. The molecule has 0 aliphatic carbocycles. The van der Waals surface area contributed by atoms with Crippen LogP contribution in [-0.2, 0) is 36.8 Å². The Bertz CT molecular complexity index is 1700. The lowest BCUT2D eigenvalue weighted by atomic mass is 9.97. The Morgan fingerprint density at radius 3 is 2.40 bits per heavy atom. The number of methoxy groups -OCH3 is 1. The smallest absolute Gasteiger partial charge is 0.246 e. The number of nitrogens with one attached hydrogen (secondary N) is 3. The van der Waals surface area contributed by atoms with Gasteiger partial charge in [0.1, 0.15) is 23.8 Å². The number of fused-ring (bicyclic) bond motifs is 2. The molecule has 50 heavy (non-hydrogen) atoms. The lowest BCUT2D eigenvalue weighted by Gasteiger charge is -2.32. The summed E-state index contributed by atoms with van der Waals surface area (Å²) >= 11 is 0. The Morgan fingerprint density at radius 2 is 1.70 bits per heavy atom. The van der Waals surface area contributed by atoms with E-state index >= 15 is 0 Å². The minimum Gasteiger partial charge on any atom is -0.480 e. The van der Waals surface area contributed by atoms with E-state index in [0.717, 1.165) is 5.56 Å². The molecule has 4 N–H and O–H groups in total. The number of para-hydroxylation sites is 2. The average molecular weight is 688 g/mol. The average Bonchev–Trinajstić information content (AvgIpc) is 3.52. The van der Waals surface area contributed by atoms with Crippen molar-refractivity contribution in [1.29, 1.82) is 0 Å². The van der Waals surface area contributed by atoms with Crippen LogP contribution in [0.1, 0.15) is 44.4 Å². The van der Waals surface area contributed by atoms with Gasteiger partial charge in [-0.1, -0.05) is 62.7 Å². The second-order valence-electron chi connectivity index (χ2n) is 12.9. The van der Waals surface area contributed by atoms with Gasteiger partial charge in [-0.25, -0.2) is 9.97 Å². The third-order valence-corrected chi connectivity index (χ3v) is 9.32.